The van der Waals surface area contributed by atoms with Crippen LogP contribution in [-0.4, -0.2) is 4.57 Å². The van der Waals surface area contributed by atoms with Crippen LogP contribution in [0.2, 0.25) is 0 Å². The second-order valence-corrected chi connectivity index (χ2v) is 13.0. The molecule has 0 bridgehead atoms. The van der Waals surface area contributed by atoms with Crippen LogP contribution in [0.25, 0.3) is 49.7 Å². The third-order valence-corrected chi connectivity index (χ3v) is 10.0. The molecule has 1 heterocycles. The summed E-state index contributed by atoms with van der Waals surface area (Å²) in [5, 5.41) is 2.54. The first kappa shape index (κ1) is 27.5. The summed E-state index contributed by atoms with van der Waals surface area (Å²) in [6, 6.07) is 61.8. The third-order valence-electron chi connectivity index (χ3n) is 10.0. The zero-order valence-electron chi connectivity index (χ0n) is 26.6. The van der Waals surface area contributed by atoms with Gasteiger partial charge >= 0.3 is 0 Å². The van der Waals surface area contributed by atoms with Gasteiger partial charge in [0, 0.05) is 38.9 Å². The summed E-state index contributed by atoms with van der Waals surface area (Å²) in [6.07, 6.45) is 0. The summed E-state index contributed by atoms with van der Waals surface area (Å²) in [4.78, 5) is 2.39. The molecule has 1 aliphatic carbocycles. The van der Waals surface area contributed by atoms with Gasteiger partial charge in [-0.05, 0) is 94.0 Å². The maximum absolute atomic E-state index is 2.40. The molecule has 7 aromatic carbocycles. The fourth-order valence-corrected chi connectivity index (χ4v) is 7.66. The lowest BCUT2D eigenvalue weighted by atomic mass is 9.82. The van der Waals surface area contributed by atoms with Crippen molar-refractivity contribution in [2.45, 2.75) is 19.3 Å². The van der Waals surface area contributed by atoms with E-state index in [9.17, 15) is 0 Å². The van der Waals surface area contributed by atoms with Crippen molar-refractivity contribution in [3.05, 3.63) is 181 Å². The van der Waals surface area contributed by atoms with Crippen LogP contribution in [0.1, 0.15) is 25.0 Å². The Kier molecular flexibility index (Phi) is 6.20. The second-order valence-electron chi connectivity index (χ2n) is 13.0. The van der Waals surface area contributed by atoms with E-state index >= 15 is 0 Å². The van der Waals surface area contributed by atoms with Crippen LogP contribution >= 0.6 is 0 Å². The number of anilines is 3. The topological polar surface area (TPSA) is 8.17 Å². The highest BCUT2D eigenvalue weighted by Gasteiger charge is 2.35. The lowest BCUT2D eigenvalue weighted by Gasteiger charge is -2.28. The van der Waals surface area contributed by atoms with Crippen molar-refractivity contribution in [3.63, 3.8) is 0 Å². The molecule has 0 spiro atoms. The number of rotatable bonds is 5. The van der Waals surface area contributed by atoms with Gasteiger partial charge < -0.3 is 9.47 Å². The number of benzene rings is 7. The van der Waals surface area contributed by atoms with Crippen LogP contribution in [0, 0.1) is 0 Å². The van der Waals surface area contributed by atoms with Crippen molar-refractivity contribution in [2.75, 3.05) is 4.90 Å². The highest BCUT2D eigenvalue weighted by Crippen LogP contribution is 2.50. The van der Waals surface area contributed by atoms with Gasteiger partial charge in [0.15, 0.2) is 0 Å². The van der Waals surface area contributed by atoms with Gasteiger partial charge in [-0.25, -0.2) is 0 Å². The highest BCUT2D eigenvalue weighted by molar-refractivity contribution is 6.09. The van der Waals surface area contributed by atoms with Gasteiger partial charge in [0.05, 0.1) is 11.0 Å². The lowest BCUT2D eigenvalue weighted by Crippen LogP contribution is -2.16. The summed E-state index contributed by atoms with van der Waals surface area (Å²) < 4.78 is 2.38. The molecule has 0 N–H and O–H groups in total. The highest BCUT2D eigenvalue weighted by atomic mass is 15.1. The number of fused-ring (bicyclic) bond motifs is 6. The maximum Gasteiger partial charge on any atom is 0.0541 e. The van der Waals surface area contributed by atoms with Crippen molar-refractivity contribution in [2.24, 2.45) is 0 Å². The molecule has 8 aromatic rings. The maximum atomic E-state index is 2.40. The van der Waals surface area contributed by atoms with Gasteiger partial charge in [-0.15, -0.1) is 0 Å². The standard InChI is InChI=1S/C45H34N2/c1-45(2)41-17-9-6-14-37(41)38-29-28-36(30-42(38)45)46(33-22-20-32(21-23-33)31-12-4-3-5-13-31)34-24-26-35(27-25-34)47-43-18-10-7-15-39(43)40-16-8-11-19-44(40)47/h3-30H,1-2H3. The monoisotopic (exact) mass is 602 g/mol. The van der Waals surface area contributed by atoms with Gasteiger partial charge in [-0.3, -0.25) is 0 Å². The van der Waals surface area contributed by atoms with E-state index in [-0.39, 0.29) is 5.41 Å². The zero-order valence-corrected chi connectivity index (χ0v) is 26.6. The first-order valence-electron chi connectivity index (χ1n) is 16.4. The Balaban J connectivity index is 1.18. The van der Waals surface area contributed by atoms with Crippen molar-refractivity contribution in [1.82, 2.24) is 4.57 Å². The summed E-state index contributed by atoms with van der Waals surface area (Å²) >= 11 is 0. The molecule has 0 fully saturated rings. The number of hydrogen-bond donors (Lipinski definition) is 0. The Bertz CT molecular complexity index is 2360. The Morgan fingerprint density at radius 1 is 0.426 bits per heavy atom. The van der Waals surface area contributed by atoms with Crippen molar-refractivity contribution in [1.29, 1.82) is 0 Å². The molecular weight excluding hydrogens is 569 g/mol. The largest absolute Gasteiger partial charge is 0.310 e. The fraction of sp³-hybridized carbons (Fsp3) is 0.0667. The smallest absolute Gasteiger partial charge is 0.0541 e. The molecule has 0 amide bonds. The Morgan fingerprint density at radius 3 is 1.62 bits per heavy atom. The van der Waals surface area contributed by atoms with E-state index in [1.54, 1.807) is 0 Å². The normalized spacial score (nSPS) is 13.1. The third kappa shape index (κ3) is 4.33. The fourth-order valence-electron chi connectivity index (χ4n) is 7.66. The molecule has 0 aliphatic heterocycles. The van der Waals surface area contributed by atoms with Crippen LogP contribution in [0.3, 0.4) is 0 Å². The van der Waals surface area contributed by atoms with Crippen molar-refractivity contribution >= 4 is 38.9 Å². The Labute approximate surface area is 275 Å². The SMILES string of the molecule is CC1(C)c2ccccc2-c2ccc(N(c3ccc(-c4ccccc4)cc3)c3ccc(-n4c5ccccc5c5ccccc54)cc3)cc21. The van der Waals surface area contributed by atoms with Crippen LogP contribution in [0.4, 0.5) is 17.1 Å². The van der Waals surface area contributed by atoms with E-state index in [4.69, 9.17) is 0 Å². The van der Waals surface area contributed by atoms with Crippen LogP contribution in [-0.2, 0) is 5.41 Å². The molecule has 1 aliphatic rings. The van der Waals surface area contributed by atoms with E-state index in [1.165, 1.54) is 55.2 Å². The molecule has 0 radical (unpaired) electrons. The second kappa shape index (κ2) is 10.6. The van der Waals surface area contributed by atoms with E-state index in [0.29, 0.717) is 0 Å². The van der Waals surface area contributed by atoms with Gasteiger partial charge in [0.1, 0.15) is 0 Å². The molecule has 0 saturated heterocycles. The van der Waals surface area contributed by atoms with Crippen molar-refractivity contribution < 1.29 is 0 Å². The number of hydrogen-bond acceptors (Lipinski definition) is 1. The number of aromatic nitrogens is 1. The Morgan fingerprint density at radius 2 is 0.936 bits per heavy atom. The first-order chi connectivity index (χ1) is 23.1. The van der Waals surface area contributed by atoms with Crippen molar-refractivity contribution in [3.8, 4) is 27.9 Å². The molecule has 0 atom stereocenters. The van der Waals surface area contributed by atoms with Gasteiger partial charge in [-0.1, -0.05) is 123 Å². The van der Waals surface area contributed by atoms with Crippen LogP contribution < -0.4 is 4.90 Å². The molecule has 224 valence electrons. The zero-order chi connectivity index (χ0) is 31.5. The molecule has 0 saturated carbocycles. The summed E-state index contributed by atoms with van der Waals surface area (Å²) in [7, 11) is 0. The molecule has 2 nitrogen and oxygen atoms in total. The molecule has 47 heavy (non-hydrogen) atoms. The predicted octanol–water partition coefficient (Wildman–Crippen LogP) is 12.2. The molecule has 2 heteroatoms. The minimum atomic E-state index is -0.0782. The molecule has 1 aromatic heterocycles. The quantitative estimate of drug-likeness (QED) is 0.190. The van der Waals surface area contributed by atoms with Gasteiger partial charge in [-0.2, -0.15) is 0 Å². The number of para-hydroxylation sites is 2. The van der Waals surface area contributed by atoms with E-state index in [1.807, 2.05) is 0 Å². The van der Waals surface area contributed by atoms with Gasteiger partial charge in [0.25, 0.3) is 0 Å². The summed E-state index contributed by atoms with van der Waals surface area (Å²) in [5.74, 6) is 0. The molecular formula is C45H34N2. The van der Waals surface area contributed by atoms with Crippen LogP contribution in [0.5, 0.6) is 0 Å². The first-order valence-corrected chi connectivity index (χ1v) is 16.4. The minimum absolute atomic E-state index is 0.0782. The van der Waals surface area contributed by atoms with E-state index in [2.05, 4.69) is 193 Å². The average molecular weight is 603 g/mol. The minimum Gasteiger partial charge on any atom is -0.310 e. The lowest BCUT2D eigenvalue weighted by molar-refractivity contribution is 0.660. The summed E-state index contributed by atoms with van der Waals surface area (Å²) in [6.45, 7) is 4.70. The summed E-state index contributed by atoms with van der Waals surface area (Å²) in [5.41, 5.74) is 14.8. The van der Waals surface area contributed by atoms with E-state index in [0.717, 1.165) is 22.7 Å². The van der Waals surface area contributed by atoms with Gasteiger partial charge in [0.2, 0.25) is 0 Å². The Hall–Kier alpha value is -5.86. The van der Waals surface area contributed by atoms with Crippen LogP contribution in [0.15, 0.2) is 170 Å². The molecule has 9 rings (SSSR count). The average Bonchev–Trinajstić information content (AvgIpc) is 3.58. The number of nitrogens with zero attached hydrogens (tertiary/aromatic N) is 2. The van der Waals surface area contributed by atoms with E-state index < -0.39 is 0 Å². The molecule has 0 unspecified atom stereocenters. The predicted molar refractivity (Wildman–Crippen MR) is 198 cm³/mol.